The summed E-state index contributed by atoms with van der Waals surface area (Å²) in [6.07, 6.45) is 2.05. The lowest BCUT2D eigenvalue weighted by Crippen LogP contribution is -2.30. The van der Waals surface area contributed by atoms with Crippen molar-refractivity contribution < 1.29 is 13.2 Å². The summed E-state index contributed by atoms with van der Waals surface area (Å²) >= 11 is 0. The van der Waals surface area contributed by atoms with Crippen molar-refractivity contribution in [2.45, 2.75) is 11.3 Å². The average Bonchev–Trinajstić information content (AvgIpc) is 2.46. The van der Waals surface area contributed by atoms with Gasteiger partial charge >= 0.3 is 0 Å². The van der Waals surface area contributed by atoms with Gasteiger partial charge in [-0.2, -0.15) is 0 Å². The SMILES string of the molecule is C=CCCN1C(=O)c2ccccc2S1(=O)=O. The van der Waals surface area contributed by atoms with Crippen LogP contribution in [0.4, 0.5) is 0 Å². The Morgan fingerprint density at radius 2 is 2.00 bits per heavy atom. The van der Waals surface area contributed by atoms with E-state index in [4.69, 9.17) is 0 Å². The van der Waals surface area contributed by atoms with E-state index in [1.54, 1.807) is 18.2 Å². The molecule has 0 N–H and O–H groups in total. The van der Waals surface area contributed by atoms with E-state index in [1.165, 1.54) is 12.1 Å². The van der Waals surface area contributed by atoms with E-state index in [9.17, 15) is 13.2 Å². The van der Waals surface area contributed by atoms with Gasteiger partial charge in [-0.3, -0.25) is 4.79 Å². The van der Waals surface area contributed by atoms with Crippen molar-refractivity contribution in [2.75, 3.05) is 6.54 Å². The second-order valence-electron chi connectivity index (χ2n) is 3.46. The van der Waals surface area contributed by atoms with Crippen LogP contribution >= 0.6 is 0 Å². The Kier molecular flexibility index (Phi) is 2.55. The number of nitrogens with zero attached hydrogens (tertiary/aromatic N) is 1. The molecule has 0 aromatic heterocycles. The fourth-order valence-electron chi connectivity index (χ4n) is 1.66. The van der Waals surface area contributed by atoms with Crippen molar-refractivity contribution in [3.63, 3.8) is 0 Å². The molecule has 1 aromatic carbocycles. The van der Waals surface area contributed by atoms with Gasteiger partial charge in [-0.05, 0) is 18.6 Å². The van der Waals surface area contributed by atoms with Crippen molar-refractivity contribution in [3.05, 3.63) is 42.5 Å². The van der Waals surface area contributed by atoms with E-state index in [-0.39, 0.29) is 17.0 Å². The number of rotatable bonds is 3. The van der Waals surface area contributed by atoms with Gasteiger partial charge in [0, 0.05) is 6.54 Å². The molecular formula is C11H11NO3S. The van der Waals surface area contributed by atoms with Gasteiger partial charge < -0.3 is 0 Å². The number of fused-ring (bicyclic) bond motifs is 1. The predicted octanol–water partition coefficient (Wildman–Crippen LogP) is 1.41. The van der Waals surface area contributed by atoms with Crippen LogP contribution in [0.5, 0.6) is 0 Å². The van der Waals surface area contributed by atoms with E-state index in [0.29, 0.717) is 6.42 Å². The van der Waals surface area contributed by atoms with Gasteiger partial charge in [-0.1, -0.05) is 18.2 Å². The summed E-state index contributed by atoms with van der Waals surface area (Å²) in [6.45, 7) is 3.66. The van der Waals surface area contributed by atoms with Gasteiger partial charge in [0.05, 0.1) is 5.56 Å². The Labute approximate surface area is 94.2 Å². The number of amides is 1. The van der Waals surface area contributed by atoms with Gasteiger partial charge in [0.1, 0.15) is 4.90 Å². The first-order chi connectivity index (χ1) is 7.59. The molecule has 1 aliphatic heterocycles. The third-order valence-electron chi connectivity index (χ3n) is 2.45. The van der Waals surface area contributed by atoms with Crippen LogP contribution in [0.15, 0.2) is 41.8 Å². The predicted molar refractivity (Wildman–Crippen MR) is 59.5 cm³/mol. The fraction of sp³-hybridized carbons (Fsp3) is 0.182. The van der Waals surface area contributed by atoms with E-state index >= 15 is 0 Å². The van der Waals surface area contributed by atoms with Crippen LogP contribution in [0.1, 0.15) is 16.8 Å². The lowest BCUT2D eigenvalue weighted by Gasteiger charge is -2.13. The molecule has 2 rings (SSSR count). The number of carbonyl (C=O) groups is 1. The largest absolute Gasteiger partial charge is 0.269 e. The molecule has 1 aliphatic rings. The maximum absolute atomic E-state index is 12.0. The summed E-state index contributed by atoms with van der Waals surface area (Å²) in [4.78, 5) is 11.9. The molecule has 0 unspecified atom stereocenters. The maximum Gasteiger partial charge on any atom is 0.269 e. The summed E-state index contributed by atoms with van der Waals surface area (Å²) in [5.41, 5.74) is 0.256. The molecule has 0 atom stereocenters. The van der Waals surface area contributed by atoms with Gasteiger partial charge in [-0.25, -0.2) is 12.7 Å². The number of benzene rings is 1. The second kappa shape index (κ2) is 3.75. The van der Waals surface area contributed by atoms with Gasteiger partial charge in [0.25, 0.3) is 15.9 Å². The van der Waals surface area contributed by atoms with Gasteiger partial charge in [-0.15, -0.1) is 6.58 Å². The van der Waals surface area contributed by atoms with E-state index in [1.807, 2.05) is 0 Å². The van der Waals surface area contributed by atoms with E-state index in [0.717, 1.165) is 4.31 Å². The minimum absolute atomic E-state index is 0.101. The van der Waals surface area contributed by atoms with Crippen LogP contribution < -0.4 is 0 Å². The zero-order valence-corrected chi connectivity index (χ0v) is 9.40. The van der Waals surface area contributed by atoms with E-state index < -0.39 is 15.9 Å². The molecule has 5 heteroatoms. The summed E-state index contributed by atoms with van der Waals surface area (Å²) in [5, 5.41) is 0. The third-order valence-corrected chi connectivity index (χ3v) is 4.29. The first-order valence-electron chi connectivity index (χ1n) is 4.86. The molecule has 4 nitrogen and oxygen atoms in total. The molecule has 0 fully saturated rings. The second-order valence-corrected chi connectivity index (χ2v) is 5.29. The molecule has 84 valence electrons. The van der Waals surface area contributed by atoms with E-state index in [2.05, 4.69) is 6.58 Å². The molecule has 16 heavy (non-hydrogen) atoms. The van der Waals surface area contributed by atoms with Crippen molar-refractivity contribution in [1.29, 1.82) is 0 Å². The first-order valence-corrected chi connectivity index (χ1v) is 6.30. The smallest absolute Gasteiger partial charge is 0.268 e. The number of hydrogen-bond donors (Lipinski definition) is 0. The summed E-state index contributed by atoms with van der Waals surface area (Å²) in [5.74, 6) is -0.447. The quantitative estimate of drug-likeness (QED) is 0.747. The molecule has 0 saturated heterocycles. The minimum Gasteiger partial charge on any atom is -0.268 e. The van der Waals surface area contributed by atoms with Crippen molar-refractivity contribution >= 4 is 15.9 Å². The molecule has 1 aromatic rings. The maximum atomic E-state index is 12.0. The standard InChI is InChI=1S/C11H11NO3S/c1-2-3-8-12-11(13)9-6-4-5-7-10(9)16(12,14)15/h2,4-7H,1,3,8H2. The monoisotopic (exact) mass is 237 g/mol. The average molecular weight is 237 g/mol. The summed E-state index contributed by atoms with van der Waals surface area (Å²) in [7, 11) is -3.63. The molecule has 1 heterocycles. The van der Waals surface area contributed by atoms with Crippen molar-refractivity contribution in [3.8, 4) is 0 Å². The molecule has 0 radical (unpaired) electrons. The minimum atomic E-state index is -3.63. The number of sulfonamides is 1. The van der Waals surface area contributed by atoms with Gasteiger partial charge in [0.2, 0.25) is 0 Å². The van der Waals surface area contributed by atoms with Crippen LogP contribution in [0.25, 0.3) is 0 Å². The van der Waals surface area contributed by atoms with Crippen molar-refractivity contribution in [1.82, 2.24) is 4.31 Å². The molecule has 1 amide bonds. The zero-order chi connectivity index (χ0) is 11.8. The Morgan fingerprint density at radius 3 is 2.62 bits per heavy atom. The Hall–Kier alpha value is -1.62. The normalized spacial score (nSPS) is 17.2. The van der Waals surface area contributed by atoms with Crippen LogP contribution in [-0.4, -0.2) is 25.2 Å². The third kappa shape index (κ3) is 1.44. The highest BCUT2D eigenvalue weighted by Crippen LogP contribution is 2.29. The first kappa shape index (κ1) is 10.9. The Bertz CT molecular complexity index is 548. The molecule has 0 aliphatic carbocycles. The highest BCUT2D eigenvalue weighted by atomic mass is 32.2. The summed E-state index contributed by atoms with van der Waals surface area (Å²) < 4.78 is 24.8. The Balaban J connectivity index is 2.49. The zero-order valence-electron chi connectivity index (χ0n) is 8.59. The van der Waals surface area contributed by atoms with Crippen LogP contribution in [0, 0.1) is 0 Å². The number of carbonyl (C=O) groups excluding carboxylic acids is 1. The lowest BCUT2D eigenvalue weighted by atomic mass is 10.2. The lowest BCUT2D eigenvalue weighted by molar-refractivity contribution is 0.0872. The fourth-order valence-corrected chi connectivity index (χ4v) is 3.24. The highest BCUT2D eigenvalue weighted by Gasteiger charge is 2.39. The number of hydrogen-bond acceptors (Lipinski definition) is 3. The highest BCUT2D eigenvalue weighted by molar-refractivity contribution is 7.90. The van der Waals surface area contributed by atoms with Crippen LogP contribution in [-0.2, 0) is 10.0 Å². The molecule has 0 bridgehead atoms. The van der Waals surface area contributed by atoms with Gasteiger partial charge in [0.15, 0.2) is 0 Å². The Morgan fingerprint density at radius 1 is 1.31 bits per heavy atom. The van der Waals surface area contributed by atoms with Crippen molar-refractivity contribution in [2.24, 2.45) is 0 Å². The van der Waals surface area contributed by atoms with Crippen LogP contribution in [0.2, 0.25) is 0 Å². The van der Waals surface area contributed by atoms with Crippen LogP contribution in [0.3, 0.4) is 0 Å². The molecule has 0 saturated carbocycles. The molecular weight excluding hydrogens is 226 g/mol. The topological polar surface area (TPSA) is 54.5 Å². The molecule has 0 spiro atoms. The summed E-state index contributed by atoms with van der Waals surface area (Å²) in [6, 6.07) is 6.25.